The van der Waals surface area contributed by atoms with E-state index in [0.717, 1.165) is 58.3 Å². The van der Waals surface area contributed by atoms with Crippen molar-refractivity contribution in [3.63, 3.8) is 0 Å². The number of ether oxygens (including phenoxy) is 1. The van der Waals surface area contributed by atoms with Gasteiger partial charge in [-0.2, -0.15) is 0 Å². The maximum Gasteiger partial charge on any atom is 0.135 e. The molecule has 2 N–H and O–H groups in total. The van der Waals surface area contributed by atoms with E-state index in [1.165, 1.54) is 12.8 Å². The fraction of sp³-hybridized carbons (Fsp3) is 0.933. The van der Waals surface area contributed by atoms with Gasteiger partial charge in [0.05, 0.1) is 0 Å². The quantitative estimate of drug-likeness (QED) is 0.515. The summed E-state index contributed by atoms with van der Waals surface area (Å²) < 4.78 is 5.55. The van der Waals surface area contributed by atoms with Gasteiger partial charge in [0, 0.05) is 25.6 Å². The lowest BCUT2D eigenvalue weighted by atomic mass is 10.0. The molecule has 0 aliphatic rings. The number of carbonyl (C=O) groups excluding carboxylic acids is 1. The molecule has 3 heteroatoms. The average molecular weight is 257 g/mol. The van der Waals surface area contributed by atoms with Gasteiger partial charge in [-0.1, -0.05) is 33.1 Å². The molecule has 0 fully saturated rings. The van der Waals surface area contributed by atoms with Crippen molar-refractivity contribution in [1.29, 1.82) is 0 Å². The predicted octanol–water partition coefficient (Wildman–Crippen LogP) is 3.31. The first kappa shape index (κ1) is 17.6. The molecule has 0 bridgehead atoms. The van der Waals surface area contributed by atoms with Gasteiger partial charge in [0.2, 0.25) is 0 Å². The van der Waals surface area contributed by atoms with Crippen LogP contribution in [0.5, 0.6) is 0 Å². The number of unbranched alkanes of at least 4 members (excludes halogenated alkanes) is 5. The third-order valence-corrected chi connectivity index (χ3v) is 3.10. The molecule has 108 valence electrons. The van der Waals surface area contributed by atoms with Gasteiger partial charge in [-0.05, 0) is 32.2 Å². The number of hydrogen-bond acceptors (Lipinski definition) is 3. The minimum atomic E-state index is 0.190. The summed E-state index contributed by atoms with van der Waals surface area (Å²) in [5, 5.41) is 0. The summed E-state index contributed by atoms with van der Waals surface area (Å²) in [6.45, 7) is 6.45. The van der Waals surface area contributed by atoms with Crippen LogP contribution >= 0.6 is 0 Å². The van der Waals surface area contributed by atoms with Crippen molar-refractivity contribution in [3.05, 3.63) is 0 Å². The van der Waals surface area contributed by atoms with Crippen molar-refractivity contribution >= 4 is 5.78 Å². The van der Waals surface area contributed by atoms with Crippen LogP contribution < -0.4 is 5.73 Å². The Morgan fingerprint density at radius 1 is 0.944 bits per heavy atom. The van der Waals surface area contributed by atoms with E-state index in [2.05, 4.69) is 0 Å². The fourth-order valence-corrected chi connectivity index (χ4v) is 1.77. The predicted molar refractivity (Wildman–Crippen MR) is 76.7 cm³/mol. The van der Waals surface area contributed by atoms with Crippen LogP contribution in [-0.4, -0.2) is 25.5 Å². The van der Waals surface area contributed by atoms with E-state index in [1.54, 1.807) is 0 Å². The van der Waals surface area contributed by atoms with E-state index in [4.69, 9.17) is 10.5 Å². The molecule has 0 spiro atoms. The second-order valence-corrected chi connectivity index (χ2v) is 5.25. The Labute approximate surface area is 112 Å². The summed E-state index contributed by atoms with van der Waals surface area (Å²) >= 11 is 0. The minimum Gasteiger partial charge on any atom is -0.381 e. The summed E-state index contributed by atoms with van der Waals surface area (Å²) in [4.78, 5) is 11.4. The summed E-state index contributed by atoms with van der Waals surface area (Å²) in [5.41, 5.74) is 5.42. The van der Waals surface area contributed by atoms with Gasteiger partial charge >= 0.3 is 0 Å². The zero-order valence-electron chi connectivity index (χ0n) is 12.2. The van der Waals surface area contributed by atoms with Gasteiger partial charge in [0.1, 0.15) is 5.78 Å². The Balaban J connectivity index is 3.05. The number of Topliss-reactive ketones (excluding diaryl/α,β-unsaturated/α-hetero) is 1. The molecular weight excluding hydrogens is 226 g/mol. The van der Waals surface area contributed by atoms with E-state index in [-0.39, 0.29) is 5.92 Å². The molecule has 0 atom stereocenters. The third kappa shape index (κ3) is 12.1. The molecule has 0 unspecified atom stereocenters. The normalized spacial score (nSPS) is 11.1. The molecule has 0 aromatic heterocycles. The average Bonchev–Trinajstić information content (AvgIpc) is 2.35. The Hall–Kier alpha value is -0.410. The van der Waals surface area contributed by atoms with Crippen molar-refractivity contribution < 1.29 is 9.53 Å². The molecule has 0 aliphatic carbocycles. The van der Waals surface area contributed by atoms with E-state index in [1.807, 2.05) is 13.8 Å². The molecule has 0 saturated heterocycles. The Kier molecular flexibility index (Phi) is 12.7. The van der Waals surface area contributed by atoms with Crippen molar-refractivity contribution in [2.75, 3.05) is 19.8 Å². The highest BCUT2D eigenvalue weighted by Crippen LogP contribution is 2.06. The largest absolute Gasteiger partial charge is 0.381 e. The van der Waals surface area contributed by atoms with Crippen molar-refractivity contribution in [1.82, 2.24) is 0 Å². The van der Waals surface area contributed by atoms with Crippen LogP contribution in [0.2, 0.25) is 0 Å². The number of hydrogen-bond donors (Lipinski definition) is 1. The molecule has 0 aromatic carbocycles. The first-order chi connectivity index (χ1) is 8.68. The molecule has 0 aliphatic heterocycles. The lowest BCUT2D eigenvalue weighted by Crippen LogP contribution is -2.06. The zero-order chi connectivity index (χ0) is 13.6. The Bertz CT molecular complexity index is 193. The molecule has 0 saturated carbocycles. The van der Waals surface area contributed by atoms with E-state index >= 15 is 0 Å². The van der Waals surface area contributed by atoms with Crippen LogP contribution in [0.3, 0.4) is 0 Å². The minimum absolute atomic E-state index is 0.190. The second-order valence-electron chi connectivity index (χ2n) is 5.25. The molecule has 0 aromatic rings. The standard InChI is InChI=1S/C15H31NO2/c1-14(2)15(17)10-6-5-9-13-18-12-8-4-3-7-11-16/h14H,3-13,16H2,1-2H3. The van der Waals surface area contributed by atoms with Gasteiger partial charge in [-0.15, -0.1) is 0 Å². The van der Waals surface area contributed by atoms with Gasteiger partial charge in [0.15, 0.2) is 0 Å². The smallest absolute Gasteiger partial charge is 0.135 e. The third-order valence-electron chi connectivity index (χ3n) is 3.10. The van der Waals surface area contributed by atoms with Gasteiger partial charge in [-0.3, -0.25) is 4.79 Å². The highest BCUT2D eigenvalue weighted by molar-refractivity contribution is 5.80. The molecular formula is C15H31NO2. The number of rotatable bonds is 13. The topological polar surface area (TPSA) is 52.3 Å². The van der Waals surface area contributed by atoms with Crippen molar-refractivity contribution in [3.8, 4) is 0 Å². The van der Waals surface area contributed by atoms with Crippen LogP contribution in [-0.2, 0) is 9.53 Å². The van der Waals surface area contributed by atoms with Crippen LogP contribution in [0.1, 0.15) is 65.2 Å². The van der Waals surface area contributed by atoms with Crippen molar-refractivity contribution in [2.24, 2.45) is 11.7 Å². The molecule has 0 rings (SSSR count). The number of nitrogens with two attached hydrogens (primary N) is 1. The first-order valence-corrected chi connectivity index (χ1v) is 7.49. The van der Waals surface area contributed by atoms with Crippen LogP contribution in [0.4, 0.5) is 0 Å². The monoisotopic (exact) mass is 257 g/mol. The Morgan fingerprint density at radius 2 is 1.50 bits per heavy atom. The van der Waals surface area contributed by atoms with Gasteiger partial charge < -0.3 is 10.5 Å². The van der Waals surface area contributed by atoms with E-state index < -0.39 is 0 Å². The molecule has 0 amide bonds. The van der Waals surface area contributed by atoms with Crippen LogP contribution in [0.15, 0.2) is 0 Å². The summed E-state index contributed by atoms with van der Waals surface area (Å²) in [6, 6.07) is 0. The summed E-state index contributed by atoms with van der Waals surface area (Å²) in [5.74, 6) is 0.575. The molecule has 3 nitrogen and oxygen atoms in total. The lowest BCUT2D eigenvalue weighted by Gasteiger charge is -2.05. The number of ketones is 1. The SMILES string of the molecule is CC(C)C(=O)CCCCCOCCCCCCN. The van der Waals surface area contributed by atoms with E-state index in [0.29, 0.717) is 5.78 Å². The first-order valence-electron chi connectivity index (χ1n) is 7.49. The maximum absolute atomic E-state index is 11.4. The van der Waals surface area contributed by atoms with E-state index in [9.17, 15) is 4.79 Å². The van der Waals surface area contributed by atoms with Crippen molar-refractivity contribution in [2.45, 2.75) is 65.2 Å². The van der Waals surface area contributed by atoms with Crippen LogP contribution in [0, 0.1) is 5.92 Å². The molecule has 18 heavy (non-hydrogen) atoms. The lowest BCUT2D eigenvalue weighted by molar-refractivity contribution is -0.122. The maximum atomic E-state index is 11.4. The summed E-state index contributed by atoms with van der Waals surface area (Å²) in [7, 11) is 0. The van der Waals surface area contributed by atoms with Crippen LogP contribution in [0.25, 0.3) is 0 Å². The molecule has 0 radical (unpaired) electrons. The highest BCUT2D eigenvalue weighted by atomic mass is 16.5. The zero-order valence-corrected chi connectivity index (χ0v) is 12.2. The van der Waals surface area contributed by atoms with Gasteiger partial charge in [0.25, 0.3) is 0 Å². The Morgan fingerprint density at radius 3 is 2.06 bits per heavy atom. The molecule has 0 heterocycles. The highest BCUT2D eigenvalue weighted by Gasteiger charge is 2.05. The fourth-order valence-electron chi connectivity index (χ4n) is 1.77. The summed E-state index contributed by atoms with van der Waals surface area (Å²) in [6.07, 6.45) is 8.64. The van der Waals surface area contributed by atoms with Gasteiger partial charge in [-0.25, -0.2) is 0 Å². The second kappa shape index (κ2) is 13.0. The number of carbonyl (C=O) groups is 1.